The fourth-order valence-corrected chi connectivity index (χ4v) is 4.04. The number of aliphatic imine (C=N–C) groups is 1. The molecule has 0 atom stereocenters. The first-order chi connectivity index (χ1) is 8.67. The summed E-state index contributed by atoms with van der Waals surface area (Å²) in [5.41, 5.74) is 1.16. The summed E-state index contributed by atoms with van der Waals surface area (Å²) in [5, 5.41) is 5.49. The molecule has 1 spiro atoms. The van der Waals surface area contributed by atoms with Crippen molar-refractivity contribution in [3.05, 3.63) is 28.2 Å². The van der Waals surface area contributed by atoms with E-state index in [0.29, 0.717) is 10.0 Å². The molecule has 0 bridgehead atoms. The van der Waals surface area contributed by atoms with Gasteiger partial charge in [-0.25, -0.2) is 0 Å². The van der Waals surface area contributed by atoms with Crippen LogP contribution in [0.25, 0.3) is 0 Å². The molecule has 2 nitrogen and oxygen atoms in total. The molecule has 18 heavy (non-hydrogen) atoms. The smallest absolute Gasteiger partial charge is 0.161 e. The van der Waals surface area contributed by atoms with E-state index in [9.17, 15) is 0 Å². The van der Waals surface area contributed by atoms with E-state index in [1.54, 1.807) is 17.8 Å². The average Bonchev–Trinajstić information content (AvgIpc) is 2.96. The lowest BCUT2D eigenvalue weighted by Crippen LogP contribution is -2.21. The van der Waals surface area contributed by atoms with Crippen molar-refractivity contribution in [3.63, 3.8) is 0 Å². The molecule has 0 unspecified atom stereocenters. The lowest BCUT2D eigenvalue weighted by molar-refractivity contribution is 0.508. The van der Waals surface area contributed by atoms with E-state index in [1.165, 1.54) is 25.7 Å². The van der Waals surface area contributed by atoms with Crippen LogP contribution in [0.1, 0.15) is 25.7 Å². The molecule has 1 aromatic rings. The molecule has 2 aliphatic rings. The van der Waals surface area contributed by atoms with Gasteiger partial charge in [-0.15, -0.1) is 0 Å². The molecular weight excluding hydrogens is 287 g/mol. The maximum atomic E-state index is 6.00. The van der Waals surface area contributed by atoms with Gasteiger partial charge in [0.15, 0.2) is 5.17 Å². The molecule has 0 amide bonds. The van der Waals surface area contributed by atoms with E-state index < -0.39 is 0 Å². The van der Waals surface area contributed by atoms with Crippen molar-refractivity contribution in [2.24, 2.45) is 4.99 Å². The minimum atomic E-state index is 0.212. The van der Waals surface area contributed by atoms with E-state index in [-0.39, 0.29) is 5.54 Å². The number of hydrogen-bond acceptors (Lipinski definition) is 3. The van der Waals surface area contributed by atoms with Gasteiger partial charge in [-0.3, -0.25) is 4.99 Å². The predicted octanol–water partition coefficient (Wildman–Crippen LogP) is 4.82. The van der Waals surface area contributed by atoms with Crippen molar-refractivity contribution < 1.29 is 0 Å². The third kappa shape index (κ3) is 2.49. The highest BCUT2D eigenvalue weighted by atomic mass is 35.5. The number of rotatable bonds is 1. The first-order valence-electron chi connectivity index (χ1n) is 6.12. The standard InChI is InChI=1S/C13H14Cl2N2S/c14-10-4-3-9(7-11(10)15)16-12-17-13(8-18-12)5-1-2-6-13/h3-4,7H,1-2,5-6,8H2,(H,16,17). The maximum absolute atomic E-state index is 6.00. The minimum absolute atomic E-state index is 0.212. The Bertz CT molecular complexity index is 496. The molecule has 0 radical (unpaired) electrons. The van der Waals surface area contributed by atoms with Crippen LogP contribution < -0.4 is 5.32 Å². The maximum Gasteiger partial charge on any atom is 0.161 e. The summed E-state index contributed by atoms with van der Waals surface area (Å²) in [7, 11) is 0. The van der Waals surface area contributed by atoms with Gasteiger partial charge in [0.2, 0.25) is 0 Å². The van der Waals surface area contributed by atoms with Crippen LogP contribution in [0, 0.1) is 0 Å². The Hall–Kier alpha value is -0.380. The van der Waals surface area contributed by atoms with Crippen molar-refractivity contribution in [2.75, 3.05) is 11.1 Å². The lowest BCUT2D eigenvalue weighted by atomic mass is 10.0. The minimum Gasteiger partial charge on any atom is -0.335 e. The number of nitrogens with one attached hydrogen (secondary N) is 1. The van der Waals surface area contributed by atoms with Crippen molar-refractivity contribution in [1.29, 1.82) is 0 Å². The zero-order chi connectivity index (χ0) is 12.6. The Balaban J connectivity index is 1.75. The van der Waals surface area contributed by atoms with Crippen LogP contribution in [-0.2, 0) is 0 Å². The number of hydrogen-bond donors (Lipinski definition) is 1. The summed E-state index contributed by atoms with van der Waals surface area (Å²) in [6.07, 6.45) is 5.08. The Morgan fingerprint density at radius 3 is 2.67 bits per heavy atom. The molecule has 1 N–H and O–H groups in total. The largest absolute Gasteiger partial charge is 0.335 e. The molecule has 1 aliphatic heterocycles. The second-order valence-electron chi connectivity index (χ2n) is 4.89. The van der Waals surface area contributed by atoms with Crippen LogP contribution >= 0.6 is 35.0 Å². The zero-order valence-electron chi connectivity index (χ0n) is 9.88. The molecule has 1 aromatic carbocycles. The number of anilines is 1. The number of thioether (sulfide) groups is 1. The van der Waals surface area contributed by atoms with Crippen molar-refractivity contribution in [2.45, 2.75) is 31.2 Å². The zero-order valence-corrected chi connectivity index (χ0v) is 12.2. The van der Waals surface area contributed by atoms with Crippen molar-refractivity contribution >= 4 is 45.8 Å². The Kier molecular flexibility index (Phi) is 3.48. The highest BCUT2D eigenvalue weighted by Crippen LogP contribution is 2.41. The van der Waals surface area contributed by atoms with Crippen molar-refractivity contribution in [3.8, 4) is 0 Å². The van der Waals surface area contributed by atoms with E-state index in [2.05, 4.69) is 5.32 Å². The van der Waals surface area contributed by atoms with E-state index >= 15 is 0 Å². The molecule has 0 saturated heterocycles. The van der Waals surface area contributed by atoms with Gasteiger partial charge in [-0.2, -0.15) is 0 Å². The van der Waals surface area contributed by atoms with Gasteiger partial charge in [0.1, 0.15) is 0 Å². The number of benzene rings is 1. The van der Waals surface area contributed by atoms with Crippen LogP contribution in [-0.4, -0.2) is 16.5 Å². The lowest BCUT2D eigenvalue weighted by Gasteiger charge is -2.16. The SMILES string of the molecule is Clc1ccc(NC2=NC3(CCCC3)CS2)cc1Cl. The summed E-state index contributed by atoms with van der Waals surface area (Å²) in [6, 6.07) is 5.57. The van der Waals surface area contributed by atoms with E-state index in [1.807, 2.05) is 12.1 Å². The third-order valence-corrected chi connectivity index (χ3v) is 5.41. The van der Waals surface area contributed by atoms with E-state index in [4.69, 9.17) is 28.2 Å². The average molecular weight is 301 g/mol. The molecule has 5 heteroatoms. The molecular formula is C13H14Cl2N2S. The van der Waals surface area contributed by atoms with Crippen LogP contribution in [0.3, 0.4) is 0 Å². The molecule has 0 aromatic heterocycles. The Morgan fingerprint density at radius 2 is 1.94 bits per heavy atom. The highest BCUT2D eigenvalue weighted by Gasteiger charge is 2.38. The van der Waals surface area contributed by atoms with Gasteiger partial charge < -0.3 is 5.32 Å². The second-order valence-corrected chi connectivity index (χ2v) is 6.67. The van der Waals surface area contributed by atoms with Crippen LogP contribution in [0.15, 0.2) is 23.2 Å². The van der Waals surface area contributed by atoms with Gasteiger partial charge in [-0.1, -0.05) is 47.8 Å². The Morgan fingerprint density at radius 1 is 1.17 bits per heavy atom. The molecule has 1 heterocycles. The number of amidine groups is 1. The Labute approximate surface area is 121 Å². The number of nitrogens with zero attached hydrogens (tertiary/aromatic N) is 1. The van der Waals surface area contributed by atoms with Crippen LogP contribution in [0.5, 0.6) is 0 Å². The summed E-state index contributed by atoms with van der Waals surface area (Å²) < 4.78 is 0. The highest BCUT2D eigenvalue weighted by molar-refractivity contribution is 8.14. The third-order valence-electron chi connectivity index (χ3n) is 3.52. The molecule has 96 valence electrons. The van der Waals surface area contributed by atoms with Crippen LogP contribution in [0.4, 0.5) is 5.69 Å². The van der Waals surface area contributed by atoms with Gasteiger partial charge in [0, 0.05) is 11.4 Å². The molecule has 1 fully saturated rings. The fourth-order valence-electron chi connectivity index (χ4n) is 2.53. The summed E-state index contributed by atoms with van der Waals surface area (Å²) in [4.78, 5) is 4.86. The second kappa shape index (κ2) is 4.95. The van der Waals surface area contributed by atoms with Gasteiger partial charge in [0.25, 0.3) is 0 Å². The van der Waals surface area contributed by atoms with Crippen LogP contribution in [0.2, 0.25) is 10.0 Å². The molecule has 1 saturated carbocycles. The molecule has 3 rings (SSSR count). The normalized spacial score (nSPS) is 21.3. The monoisotopic (exact) mass is 300 g/mol. The van der Waals surface area contributed by atoms with Crippen molar-refractivity contribution in [1.82, 2.24) is 0 Å². The fraction of sp³-hybridized carbons (Fsp3) is 0.462. The van der Waals surface area contributed by atoms with Gasteiger partial charge in [0.05, 0.1) is 15.6 Å². The number of halogens is 2. The first kappa shape index (κ1) is 12.6. The molecule has 1 aliphatic carbocycles. The summed E-state index contributed by atoms with van der Waals surface area (Å²) in [5.74, 6) is 1.11. The van der Waals surface area contributed by atoms with Gasteiger partial charge >= 0.3 is 0 Å². The summed E-state index contributed by atoms with van der Waals surface area (Å²) >= 11 is 13.7. The van der Waals surface area contributed by atoms with E-state index in [0.717, 1.165) is 16.6 Å². The topological polar surface area (TPSA) is 24.4 Å². The van der Waals surface area contributed by atoms with Gasteiger partial charge in [-0.05, 0) is 31.0 Å². The first-order valence-corrected chi connectivity index (χ1v) is 7.86. The predicted molar refractivity (Wildman–Crippen MR) is 81.2 cm³/mol. The summed E-state index contributed by atoms with van der Waals surface area (Å²) in [6.45, 7) is 0. The quantitative estimate of drug-likeness (QED) is 0.804.